The van der Waals surface area contributed by atoms with Crippen molar-refractivity contribution >= 4 is 11.7 Å². The van der Waals surface area contributed by atoms with E-state index in [4.69, 9.17) is 5.73 Å². The van der Waals surface area contributed by atoms with E-state index in [1.165, 1.54) is 0 Å². The minimum atomic E-state index is -0.602. The molecule has 0 saturated carbocycles. The topological polar surface area (TPSA) is 71.2 Å². The number of carbonyl (C=O) groups is 1. The first kappa shape index (κ1) is 13.8. The summed E-state index contributed by atoms with van der Waals surface area (Å²) in [4.78, 5) is 18.7. The summed E-state index contributed by atoms with van der Waals surface area (Å²) in [6, 6.07) is 2.03. The van der Waals surface area contributed by atoms with Crippen molar-refractivity contribution in [3.63, 3.8) is 0 Å². The molecule has 0 atom stereocenters. The fourth-order valence-electron chi connectivity index (χ4n) is 2.59. The molecule has 0 radical (unpaired) electrons. The normalized spacial score (nSPS) is 18.4. The lowest BCUT2D eigenvalue weighted by Gasteiger charge is -2.43. The Morgan fingerprint density at radius 3 is 2.79 bits per heavy atom. The highest BCUT2D eigenvalue weighted by Gasteiger charge is 2.39. The van der Waals surface area contributed by atoms with Gasteiger partial charge < -0.3 is 16.0 Å². The highest BCUT2D eigenvalue weighted by atomic mass is 16.2. The second kappa shape index (κ2) is 4.81. The number of amides is 1. The Bertz CT molecular complexity index is 510. The van der Waals surface area contributed by atoms with Crippen LogP contribution in [0.4, 0.5) is 5.82 Å². The van der Waals surface area contributed by atoms with Gasteiger partial charge in [-0.1, -0.05) is 0 Å². The van der Waals surface area contributed by atoms with E-state index in [2.05, 4.69) is 15.2 Å². The number of anilines is 1. The van der Waals surface area contributed by atoms with E-state index in [1.807, 2.05) is 33.8 Å². The number of hydrogen-bond donors (Lipinski definition) is 2. The lowest BCUT2D eigenvalue weighted by Crippen LogP contribution is -2.62. The molecule has 0 aromatic carbocycles. The minimum Gasteiger partial charge on any atom is -0.352 e. The average Bonchev–Trinajstić information content (AvgIpc) is 2.31. The van der Waals surface area contributed by atoms with Crippen molar-refractivity contribution in [3.8, 4) is 0 Å². The van der Waals surface area contributed by atoms with Gasteiger partial charge >= 0.3 is 0 Å². The van der Waals surface area contributed by atoms with Crippen LogP contribution >= 0.6 is 0 Å². The molecule has 0 unspecified atom stereocenters. The van der Waals surface area contributed by atoms with Gasteiger partial charge in [-0.25, -0.2) is 4.98 Å². The molecule has 0 spiro atoms. The Hall–Kier alpha value is -1.62. The summed E-state index contributed by atoms with van der Waals surface area (Å²) in [6.45, 7) is 9.67. The smallest absolute Gasteiger partial charge is 0.245 e. The van der Waals surface area contributed by atoms with Crippen LogP contribution in [0.3, 0.4) is 0 Å². The molecule has 3 N–H and O–H groups in total. The molecule has 19 heavy (non-hydrogen) atoms. The molecule has 1 fully saturated rings. The van der Waals surface area contributed by atoms with Gasteiger partial charge in [0.05, 0.1) is 0 Å². The first-order chi connectivity index (χ1) is 8.87. The summed E-state index contributed by atoms with van der Waals surface area (Å²) < 4.78 is 0. The zero-order chi connectivity index (χ0) is 14.2. The third kappa shape index (κ3) is 2.30. The van der Waals surface area contributed by atoms with Crippen molar-refractivity contribution in [3.05, 3.63) is 22.9 Å². The second-order valence-corrected chi connectivity index (χ2v) is 5.55. The van der Waals surface area contributed by atoms with Crippen molar-refractivity contribution in [1.29, 1.82) is 0 Å². The van der Waals surface area contributed by atoms with Crippen molar-refractivity contribution in [2.24, 2.45) is 5.73 Å². The Kier molecular flexibility index (Phi) is 3.49. The number of aryl methyl sites for hydroxylation is 2. The second-order valence-electron chi connectivity index (χ2n) is 5.55. The Morgan fingerprint density at radius 1 is 1.47 bits per heavy atom. The number of piperazine rings is 1. The minimum absolute atomic E-state index is 0.0303. The van der Waals surface area contributed by atoms with Gasteiger partial charge in [0.15, 0.2) is 0 Å². The highest BCUT2D eigenvalue weighted by Crippen LogP contribution is 2.29. The van der Waals surface area contributed by atoms with Gasteiger partial charge in [0.2, 0.25) is 5.91 Å². The number of hydrogen-bond acceptors (Lipinski definition) is 4. The maximum atomic E-state index is 12.1. The molecular weight excluding hydrogens is 240 g/mol. The van der Waals surface area contributed by atoms with Crippen molar-refractivity contribution < 1.29 is 4.79 Å². The van der Waals surface area contributed by atoms with Gasteiger partial charge in [-0.3, -0.25) is 4.79 Å². The predicted molar refractivity (Wildman–Crippen MR) is 76.0 cm³/mol. The van der Waals surface area contributed by atoms with Gasteiger partial charge in [0.25, 0.3) is 0 Å². The van der Waals surface area contributed by atoms with E-state index in [-0.39, 0.29) is 5.91 Å². The van der Waals surface area contributed by atoms with E-state index in [0.29, 0.717) is 13.1 Å². The molecule has 1 aliphatic heterocycles. The standard InChI is InChI=1S/C14H22N4O/c1-9-7-10(2)17-12(11(9)8-15)18-6-5-16-13(19)14(18,3)4/h7H,5-6,8,15H2,1-4H3,(H,16,19). The molecule has 1 aliphatic rings. The first-order valence-corrected chi connectivity index (χ1v) is 6.61. The maximum absolute atomic E-state index is 12.1. The van der Waals surface area contributed by atoms with Gasteiger partial charge in [-0.2, -0.15) is 0 Å². The number of nitrogens with one attached hydrogen (secondary N) is 1. The van der Waals surface area contributed by atoms with Crippen molar-refractivity contribution in [2.45, 2.75) is 39.8 Å². The molecule has 5 heteroatoms. The molecule has 104 valence electrons. The molecule has 0 aliphatic carbocycles. The van der Waals surface area contributed by atoms with Crippen LogP contribution in [-0.4, -0.2) is 29.5 Å². The van der Waals surface area contributed by atoms with Gasteiger partial charge in [0.1, 0.15) is 11.4 Å². The van der Waals surface area contributed by atoms with Crippen LogP contribution < -0.4 is 16.0 Å². The third-order valence-electron chi connectivity index (χ3n) is 3.76. The molecule has 1 aromatic rings. The molecule has 1 aromatic heterocycles. The number of nitrogens with zero attached hydrogens (tertiary/aromatic N) is 2. The number of rotatable bonds is 2. The van der Waals surface area contributed by atoms with Gasteiger partial charge in [0, 0.05) is 30.9 Å². The number of nitrogens with two attached hydrogens (primary N) is 1. The summed E-state index contributed by atoms with van der Waals surface area (Å²) in [5.41, 5.74) is 8.37. The summed E-state index contributed by atoms with van der Waals surface area (Å²) >= 11 is 0. The molecule has 0 bridgehead atoms. The zero-order valence-corrected chi connectivity index (χ0v) is 12.1. The average molecular weight is 262 g/mol. The number of aromatic nitrogens is 1. The van der Waals surface area contributed by atoms with E-state index in [0.717, 1.165) is 29.2 Å². The molecule has 1 saturated heterocycles. The van der Waals surface area contributed by atoms with Crippen LogP contribution in [0.15, 0.2) is 6.07 Å². The van der Waals surface area contributed by atoms with Gasteiger partial charge in [-0.15, -0.1) is 0 Å². The van der Waals surface area contributed by atoms with Crippen LogP contribution in [0.2, 0.25) is 0 Å². The fraction of sp³-hybridized carbons (Fsp3) is 0.571. The van der Waals surface area contributed by atoms with Crippen LogP contribution in [0.5, 0.6) is 0 Å². The summed E-state index contributed by atoms with van der Waals surface area (Å²) in [5.74, 6) is 0.877. The molecular formula is C14H22N4O. The molecule has 5 nitrogen and oxygen atoms in total. The van der Waals surface area contributed by atoms with E-state index in [9.17, 15) is 4.79 Å². The van der Waals surface area contributed by atoms with Crippen molar-refractivity contribution in [2.75, 3.05) is 18.0 Å². The Morgan fingerprint density at radius 2 is 2.16 bits per heavy atom. The Balaban J connectivity index is 2.54. The molecule has 1 amide bonds. The van der Waals surface area contributed by atoms with Crippen LogP contribution in [0.25, 0.3) is 0 Å². The largest absolute Gasteiger partial charge is 0.352 e. The SMILES string of the molecule is Cc1cc(C)c(CN)c(N2CCNC(=O)C2(C)C)n1. The summed E-state index contributed by atoms with van der Waals surface area (Å²) in [5, 5.41) is 2.90. The lowest BCUT2D eigenvalue weighted by molar-refractivity contribution is -0.126. The van der Waals surface area contributed by atoms with Crippen molar-refractivity contribution in [1.82, 2.24) is 10.3 Å². The Labute approximate surface area is 114 Å². The lowest BCUT2D eigenvalue weighted by atomic mass is 9.97. The summed E-state index contributed by atoms with van der Waals surface area (Å²) in [7, 11) is 0. The molecule has 2 rings (SSSR count). The first-order valence-electron chi connectivity index (χ1n) is 6.61. The molecule has 2 heterocycles. The quantitative estimate of drug-likeness (QED) is 0.829. The maximum Gasteiger partial charge on any atom is 0.245 e. The van der Waals surface area contributed by atoms with E-state index in [1.54, 1.807) is 0 Å². The fourth-order valence-corrected chi connectivity index (χ4v) is 2.59. The van der Waals surface area contributed by atoms with Gasteiger partial charge in [-0.05, 0) is 39.3 Å². The number of carbonyl (C=O) groups excluding carboxylic acids is 1. The predicted octanol–water partition coefficient (Wildman–Crippen LogP) is 0.872. The van der Waals surface area contributed by atoms with Crippen LogP contribution in [-0.2, 0) is 11.3 Å². The van der Waals surface area contributed by atoms with Crippen LogP contribution in [0, 0.1) is 13.8 Å². The monoisotopic (exact) mass is 262 g/mol. The van der Waals surface area contributed by atoms with Crippen LogP contribution in [0.1, 0.15) is 30.7 Å². The van der Waals surface area contributed by atoms with E-state index >= 15 is 0 Å². The zero-order valence-electron chi connectivity index (χ0n) is 12.1. The number of pyridine rings is 1. The third-order valence-corrected chi connectivity index (χ3v) is 3.76. The highest BCUT2D eigenvalue weighted by molar-refractivity contribution is 5.90. The van der Waals surface area contributed by atoms with E-state index < -0.39 is 5.54 Å². The summed E-state index contributed by atoms with van der Waals surface area (Å²) in [6.07, 6.45) is 0.